The number of carbonyl (C=O) groups is 1. The summed E-state index contributed by atoms with van der Waals surface area (Å²) in [6.45, 7) is 5.02. The van der Waals surface area contributed by atoms with Gasteiger partial charge in [-0.2, -0.15) is 0 Å². The van der Waals surface area contributed by atoms with Crippen molar-refractivity contribution >= 4 is 46.6 Å². The number of para-hydroxylation sites is 2. The number of nitrogens with one attached hydrogen (secondary N) is 1. The summed E-state index contributed by atoms with van der Waals surface area (Å²) in [7, 11) is 4.03. The minimum absolute atomic E-state index is 0. The van der Waals surface area contributed by atoms with Crippen LogP contribution in [0.1, 0.15) is 11.1 Å². The second kappa shape index (κ2) is 12.8. The minimum Gasteiger partial charge on any atom is -1.00 e. The number of ether oxygens (including phenoxy) is 1. The van der Waals surface area contributed by atoms with Gasteiger partial charge in [-0.1, -0.05) is 53.5 Å². The molecule has 0 aliphatic carbocycles. The quantitative estimate of drug-likeness (QED) is 0.246. The topological polar surface area (TPSA) is 41.6 Å². The highest BCUT2D eigenvalue weighted by molar-refractivity contribution is 6.42. The third-order valence-electron chi connectivity index (χ3n) is 6.40. The van der Waals surface area contributed by atoms with Crippen LogP contribution in [0.4, 0.5) is 11.4 Å². The van der Waals surface area contributed by atoms with Crippen LogP contribution in [-0.4, -0.2) is 50.7 Å². The number of anilines is 2. The highest BCUT2D eigenvalue weighted by Crippen LogP contribution is 2.30. The smallest absolute Gasteiger partial charge is 0.248 e. The lowest BCUT2D eigenvalue weighted by Gasteiger charge is -2.43. The maximum atomic E-state index is 12.3. The number of likely N-dealkylation sites (N-methyl/N-ethyl adjacent to an activating group) is 1. The predicted molar refractivity (Wildman–Crippen MR) is 145 cm³/mol. The van der Waals surface area contributed by atoms with E-state index in [0.29, 0.717) is 10.0 Å². The molecule has 1 N–H and O–H groups in total. The standard InChI is InChI=1S/C28H29Cl2N3O2.HI/c1-33(17-15-32(16-18-33)26-5-3-4-6-27(26)35-2)20-22-7-11-23(12-8-22)31-28(34)14-10-21-9-13-24(29)25(30)19-21;/h3-14,19H,15-18,20H2,1-2H3;1H. The van der Waals surface area contributed by atoms with E-state index < -0.39 is 0 Å². The number of quaternary nitrogens is 1. The number of methoxy groups -OCH3 is 1. The van der Waals surface area contributed by atoms with E-state index in [-0.39, 0.29) is 29.9 Å². The number of piperazine rings is 1. The van der Waals surface area contributed by atoms with Crippen LogP contribution in [-0.2, 0) is 11.3 Å². The molecule has 190 valence electrons. The molecule has 1 amide bonds. The van der Waals surface area contributed by atoms with E-state index in [1.54, 1.807) is 25.3 Å². The van der Waals surface area contributed by atoms with E-state index in [0.717, 1.165) is 59.9 Å². The molecular formula is C28H30Cl2IN3O2. The first-order chi connectivity index (χ1) is 16.8. The van der Waals surface area contributed by atoms with Gasteiger partial charge in [-0.25, -0.2) is 0 Å². The van der Waals surface area contributed by atoms with Crippen molar-refractivity contribution in [2.45, 2.75) is 6.54 Å². The van der Waals surface area contributed by atoms with Crippen molar-refractivity contribution in [3.05, 3.63) is 94.0 Å². The van der Waals surface area contributed by atoms with E-state index in [1.165, 1.54) is 11.6 Å². The molecule has 0 unspecified atom stereocenters. The molecule has 0 atom stereocenters. The van der Waals surface area contributed by atoms with Gasteiger partial charge in [-0.3, -0.25) is 4.79 Å². The second-order valence-corrected chi connectivity index (χ2v) is 9.89. The van der Waals surface area contributed by atoms with E-state index in [4.69, 9.17) is 27.9 Å². The summed E-state index contributed by atoms with van der Waals surface area (Å²) in [5.74, 6) is 0.725. The first-order valence-electron chi connectivity index (χ1n) is 11.6. The minimum atomic E-state index is -0.199. The molecule has 1 fully saturated rings. The average Bonchev–Trinajstić information content (AvgIpc) is 2.86. The number of hydrogen-bond donors (Lipinski definition) is 1. The molecule has 3 aromatic carbocycles. The Bertz CT molecular complexity index is 1210. The van der Waals surface area contributed by atoms with Crippen LogP contribution < -0.4 is 38.9 Å². The number of rotatable bonds is 7. The number of hydrogen-bond acceptors (Lipinski definition) is 3. The van der Waals surface area contributed by atoms with Crippen molar-refractivity contribution in [1.82, 2.24) is 0 Å². The van der Waals surface area contributed by atoms with Gasteiger partial charge in [0.1, 0.15) is 12.3 Å². The summed E-state index contributed by atoms with van der Waals surface area (Å²) in [6, 6.07) is 21.5. The van der Waals surface area contributed by atoms with E-state index in [2.05, 4.69) is 41.5 Å². The Kier molecular flexibility index (Phi) is 10.1. The van der Waals surface area contributed by atoms with Crippen LogP contribution in [0.2, 0.25) is 10.0 Å². The zero-order chi connectivity index (χ0) is 24.8. The molecule has 1 heterocycles. The summed E-state index contributed by atoms with van der Waals surface area (Å²) < 4.78 is 6.52. The van der Waals surface area contributed by atoms with Crippen LogP contribution >= 0.6 is 23.2 Å². The highest BCUT2D eigenvalue weighted by Gasteiger charge is 2.30. The normalized spacial score (nSPS) is 14.8. The molecule has 0 saturated carbocycles. The summed E-state index contributed by atoms with van der Waals surface area (Å²) in [5.41, 5.74) is 3.99. The lowest BCUT2D eigenvalue weighted by Crippen LogP contribution is -3.00. The summed E-state index contributed by atoms with van der Waals surface area (Å²) >= 11 is 12.0. The maximum Gasteiger partial charge on any atom is 0.248 e. The van der Waals surface area contributed by atoms with Crippen molar-refractivity contribution in [2.24, 2.45) is 0 Å². The lowest BCUT2D eigenvalue weighted by atomic mass is 10.1. The van der Waals surface area contributed by atoms with Crippen LogP contribution in [0.15, 0.2) is 72.8 Å². The number of halogens is 3. The molecule has 0 spiro atoms. The largest absolute Gasteiger partial charge is 1.00 e. The van der Waals surface area contributed by atoms with Crippen molar-refractivity contribution in [3.8, 4) is 5.75 Å². The molecule has 5 nitrogen and oxygen atoms in total. The molecule has 0 radical (unpaired) electrons. The molecule has 1 aliphatic heterocycles. The predicted octanol–water partition coefficient (Wildman–Crippen LogP) is 3.12. The van der Waals surface area contributed by atoms with Gasteiger partial charge in [0.25, 0.3) is 0 Å². The van der Waals surface area contributed by atoms with Gasteiger partial charge >= 0.3 is 0 Å². The van der Waals surface area contributed by atoms with Gasteiger partial charge in [-0.15, -0.1) is 0 Å². The van der Waals surface area contributed by atoms with E-state index in [1.807, 2.05) is 30.3 Å². The van der Waals surface area contributed by atoms with E-state index in [9.17, 15) is 4.79 Å². The molecule has 36 heavy (non-hydrogen) atoms. The molecule has 1 saturated heterocycles. The van der Waals surface area contributed by atoms with Crippen molar-refractivity contribution in [3.63, 3.8) is 0 Å². The number of carbonyl (C=O) groups excluding carboxylic acids is 1. The first kappa shape index (κ1) is 28.3. The molecule has 0 aromatic heterocycles. The summed E-state index contributed by atoms with van der Waals surface area (Å²) in [6.07, 6.45) is 3.20. The Hall–Kier alpha value is -2.26. The zero-order valence-corrected chi connectivity index (χ0v) is 24.1. The zero-order valence-electron chi connectivity index (χ0n) is 20.4. The summed E-state index contributed by atoms with van der Waals surface area (Å²) in [5, 5.41) is 3.85. The molecule has 8 heteroatoms. The Balaban J connectivity index is 0.00000361. The van der Waals surface area contributed by atoms with Crippen LogP contribution in [0.5, 0.6) is 5.75 Å². The molecule has 1 aliphatic rings. The average molecular weight is 638 g/mol. The maximum absolute atomic E-state index is 12.3. The third-order valence-corrected chi connectivity index (χ3v) is 7.14. The Morgan fingerprint density at radius 2 is 1.72 bits per heavy atom. The fraction of sp³-hybridized carbons (Fsp3) is 0.250. The van der Waals surface area contributed by atoms with Crippen molar-refractivity contribution in [2.75, 3.05) is 50.6 Å². The first-order valence-corrected chi connectivity index (χ1v) is 12.4. The van der Waals surface area contributed by atoms with Gasteiger partial charge in [0.15, 0.2) is 0 Å². The van der Waals surface area contributed by atoms with Gasteiger partial charge in [-0.05, 0) is 48.0 Å². The van der Waals surface area contributed by atoms with Gasteiger partial charge in [0.2, 0.25) is 5.91 Å². The van der Waals surface area contributed by atoms with E-state index >= 15 is 0 Å². The highest BCUT2D eigenvalue weighted by atomic mass is 127. The molecular weight excluding hydrogens is 608 g/mol. The molecule has 3 aromatic rings. The Labute approximate surface area is 240 Å². The summed E-state index contributed by atoms with van der Waals surface area (Å²) in [4.78, 5) is 14.7. The monoisotopic (exact) mass is 637 g/mol. The van der Waals surface area contributed by atoms with Crippen LogP contribution in [0, 0.1) is 0 Å². The van der Waals surface area contributed by atoms with Crippen molar-refractivity contribution in [1.29, 1.82) is 0 Å². The number of benzene rings is 3. The van der Waals surface area contributed by atoms with Crippen LogP contribution in [0.25, 0.3) is 6.08 Å². The van der Waals surface area contributed by atoms with Gasteiger partial charge in [0, 0.05) is 17.3 Å². The van der Waals surface area contributed by atoms with Gasteiger partial charge < -0.3 is 43.4 Å². The fourth-order valence-electron chi connectivity index (χ4n) is 4.34. The third kappa shape index (κ3) is 7.38. The van der Waals surface area contributed by atoms with Crippen LogP contribution in [0.3, 0.4) is 0 Å². The SMILES string of the molecule is COc1ccccc1N1CC[N+](C)(Cc2ccc(NC(=O)C=Cc3ccc(Cl)c(Cl)c3)cc2)CC1.[I-]. The molecule has 0 bridgehead atoms. The second-order valence-electron chi connectivity index (χ2n) is 9.08. The van der Waals surface area contributed by atoms with Gasteiger partial charge in [0.05, 0.1) is 56.1 Å². The number of nitrogens with zero attached hydrogens (tertiary/aromatic N) is 2. The molecule has 4 rings (SSSR count). The Morgan fingerprint density at radius 1 is 1.03 bits per heavy atom. The lowest BCUT2D eigenvalue weighted by molar-refractivity contribution is -0.923. The fourth-order valence-corrected chi connectivity index (χ4v) is 4.65. The number of amides is 1. The van der Waals surface area contributed by atoms with Crippen molar-refractivity contribution < 1.29 is 38.0 Å². The Morgan fingerprint density at radius 3 is 2.39 bits per heavy atom.